The van der Waals surface area contributed by atoms with Crippen molar-refractivity contribution < 1.29 is 0 Å². The Kier molecular flexibility index (Phi) is 4.96. The fraction of sp³-hybridized carbons (Fsp3) is 0.471. The topological polar surface area (TPSA) is 29.9 Å². The van der Waals surface area contributed by atoms with Crippen LogP contribution in [-0.4, -0.2) is 9.78 Å². The Bertz CT molecular complexity index is 540. The summed E-state index contributed by atoms with van der Waals surface area (Å²) < 4.78 is 2.00. The molecule has 1 aromatic heterocycles. The average molecular weight is 271 g/mol. The van der Waals surface area contributed by atoms with Crippen molar-refractivity contribution in [2.24, 2.45) is 0 Å². The Labute approximate surface area is 122 Å². The molecular weight excluding hydrogens is 246 g/mol. The van der Waals surface area contributed by atoms with Crippen molar-refractivity contribution in [2.75, 3.05) is 0 Å². The minimum absolute atomic E-state index is 0.321. The summed E-state index contributed by atoms with van der Waals surface area (Å²) in [5.74, 6) is 0. The number of rotatable bonds is 6. The molecule has 0 fully saturated rings. The van der Waals surface area contributed by atoms with Crippen LogP contribution in [0, 0.1) is 6.92 Å². The van der Waals surface area contributed by atoms with Gasteiger partial charge in [-0.1, -0.05) is 31.2 Å². The molecule has 0 aliphatic heterocycles. The maximum absolute atomic E-state index is 4.50. The highest BCUT2D eigenvalue weighted by Gasteiger charge is 2.11. The van der Waals surface area contributed by atoms with Crippen LogP contribution in [0.5, 0.6) is 0 Å². The molecule has 1 heterocycles. The van der Waals surface area contributed by atoms with E-state index in [-0.39, 0.29) is 0 Å². The lowest BCUT2D eigenvalue weighted by atomic mass is 10.1. The van der Waals surface area contributed by atoms with Gasteiger partial charge < -0.3 is 5.32 Å². The highest BCUT2D eigenvalue weighted by atomic mass is 15.3. The SMILES string of the molecule is CCc1ccc(CNC(C)c2cn(CC)nc2C)cc1. The van der Waals surface area contributed by atoms with E-state index in [1.54, 1.807) is 0 Å². The Morgan fingerprint density at radius 2 is 1.80 bits per heavy atom. The lowest BCUT2D eigenvalue weighted by Crippen LogP contribution is -2.18. The van der Waals surface area contributed by atoms with Gasteiger partial charge in [-0.3, -0.25) is 4.68 Å². The van der Waals surface area contributed by atoms with Gasteiger partial charge in [-0.25, -0.2) is 0 Å². The molecule has 1 aromatic carbocycles. The largest absolute Gasteiger partial charge is 0.306 e. The molecule has 0 saturated carbocycles. The third-order valence-electron chi connectivity index (χ3n) is 3.82. The minimum atomic E-state index is 0.321. The first-order valence-electron chi connectivity index (χ1n) is 7.49. The number of nitrogens with zero attached hydrogens (tertiary/aromatic N) is 2. The monoisotopic (exact) mass is 271 g/mol. The predicted molar refractivity (Wildman–Crippen MR) is 83.7 cm³/mol. The van der Waals surface area contributed by atoms with Crippen molar-refractivity contribution in [3.05, 3.63) is 52.8 Å². The van der Waals surface area contributed by atoms with Gasteiger partial charge in [0.2, 0.25) is 0 Å². The maximum Gasteiger partial charge on any atom is 0.0641 e. The van der Waals surface area contributed by atoms with Gasteiger partial charge in [0.15, 0.2) is 0 Å². The van der Waals surface area contributed by atoms with Crippen molar-refractivity contribution in [2.45, 2.75) is 53.2 Å². The summed E-state index contributed by atoms with van der Waals surface area (Å²) in [6.07, 6.45) is 3.24. The number of benzene rings is 1. The van der Waals surface area contributed by atoms with E-state index in [2.05, 4.69) is 68.6 Å². The van der Waals surface area contributed by atoms with E-state index < -0.39 is 0 Å². The molecule has 108 valence electrons. The first-order chi connectivity index (χ1) is 9.63. The normalized spacial score (nSPS) is 12.6. The summed E-state index contributed by atoms with van der Waals surface area (Å²) in [6, 6.07) is 9.16. The van der Waals surface area contributed by atoms with E-state index in [9.17, 15) is 0 Å². The molecule has 0 radical (unpaired) electrons. The van der Waals surface area contributed by atoms with E-state index in [4.69, 9.17) is 0 Å². The summed E-state index contributed by atoms with van der Waals surface area (Å²) in [7, 11) is 0. The standard InChI is InChI=1S/C17H25N3/c1-5-15-7-9-16(10-8-15)11-18-13(3)17-12-20(6-2)19-14(17)4/h7-10,12-13,18H,5-6,11H2,1-4H3. The molecule has 1 atom stereocenters. The summed E-state index contributed by atoms with van der Waals surface area (Å²) in [4.78, 5) is 0. The Morgan fingerprint density at radius 1 is 1.15 bits per heavy atom. The van der Waals surface area contributed by atoms with Gasteiger partial charge in [-0.05, 0) is 38.3 Å². The van der Waals surface area contributed by atoms with Gasteiger partial charge in [0.05, 0.1) is 5.69 Å². The van der Waals surface area contributed by atoms with Crippen molar-refractivity contribution in [3.63, 3.8) is 0 Å². The lowest BCUT2D eigenvalue weighted by Gasteiger charge is -2.13. The zero-order valence-corrected chi connectivity index (χ0v) is 13.0. The first-order valence-corrected chi connectivity index (χ1v) is 7.49. The molecule has 2 aromatic rings. The third kappa shape index (κ3) is 3.48. The van der Waals surface area contributed by atoms with E-state index in [0.717, 1.165) is 25.2 Å². The van der Waals surface area contributed by atoms with Crippen molar-refractivity contribution in [3.8, 4) is 0 Å². The van der Waals surface area contributed by atoms with Crippen LogP contribution in [0.2, 0.25) is 0 Å². The van der Waals surface area contributed by atoms with Gasteiger partial charge in [0.25, 0.3) is 0 Å². The molecular formula is C17H25N3. The summed E-state index contributed by atoms with van der Waals surface area (Å²) in [5, 5.41) is 8.08. The smallest absolute Gasteiger partial charge is 0.0641 e. The second kappa shape index (κ2) is 6.71. The quantitative estimate of drug-likeness (QED) is 0.869. The average Bonchev–Trinajstić information content (AvgIpc) is 2.86. The zero-order valence-electron chi connectivity index (χ0n) is 13.0. The van der Waals surface area contributed by atoms with Crippen LogP contribution >= 0.6 is 0 Å². The first kappa shape index (κ1) is 14.8. The van der Waals surface area contributed by atoms with Gasteiger partial charge in [0, 0.05) is 30.9 Å². The van der Waals surface area contributed by atoms with E-state index in [1.807, 2.05) is 4.68 Å². The number of hydrogen-bond donors (Lipinski definition) is 1. The fourth-order valence-corrected chi connectivity index (χ4v) is 2.39. The van der Waals surface area contributed by atoms with Gasteiger partial charge in [0.1, 0.15) is 0 Å². The maximum atomic E-state index is 4.50. The molecule has 0 amide bonds. The molecule has 3 heteroatoms. The Morgan fingerprint density at radius 3 is 2.35 bits per heavy atom. The van der Waals surface area contributed by atoms with E-state index >= 15 is 0 Å². The lowest BCUT2D eigenvalue weighted by molar-refractivity contribution is 0.571. The van der Waals surface area contributed by atoms with Gasteiger partial charge in [-0.2, -0.15) is 5.10 Å². The molecule has 0 spiro atoms. The van der Waals surface area contributed by atoms with Crippen LogP contribution < -0.4 is 5.32 Å². The molecule has 0 aliphatic rings. The molecule has 0 saturated heterocycles. The van der Waals surface area contributed by atoms with Crippen LogP contribution in [-0.2, 0) is 19.5 Å². The minimum Gasteiger partial charge on any atom is -0.306 e. The second-order valence-corrected chi connectivity index (χ2v) is 5.30. The number of aromatic nitrogens is 2. The van der Waals surface area contributed by atoms with Crippen LogP contribution in [0.15, 0.2) is 30.5 Å². The fourth-order valence-electron chi connectivity index (χ4n) is 2.39. The van der Waals surface area contributed by atoms with Crippen LogP contribution in [0.3, 0.4) is 0 Å². The summed E-state index contributed by atoms with van der Waals surface area (Å²) >= 11 is 0. The Balaban J connectivity index is 1.96. The summed E-state index contributed by atoms with van der Waals surface area (Å²) in [6.45, 7) is 10.4. The van der Waals surface area contributed by atoms with Crippen molar-refractivity contribution >= 4 is 0 Å². The molecule has 2 rings (SSSR count). The summed E-state index contributed by atoms with van der Waals surface area (Å²) in [5.41, 5.74) is 5.13. The highest BCUT2D eigenvalue weighted by Crippen LogP contribution is 2.17. The van der Waals surface area contributed by atoms with Gasteiger partial charge in [-0.15, -0.1) is 0 Å². The Hall–Kier alpha value is -1.61. The molecule has 1 unspecified atom stereocenters. The number of hydrogen-bond acceptors (Lipinski definition) is 2. The number of aryl methyl sites for hydroxylation is 3. The number of nitrogens with one attached hydrogen (secondary N) is 1. The third-order valence-corrected chi connectivity index (χ3v) is 3.82. The van der Waals surface area contributed by atoms with Crippen LogP contribution in [0.25, 0.3) is 0 Å². The van der Waals surface area contributed by atoms with Crippen LogP contribution in [0.1, 0.15) is 49.2 Å². The molecule has 1 N–H and O–H groups in total. The molecule has 0 aliphatic carbocycles. The van der Waals surface area contributed by atoms with Crippen LogP contribution in [0.4, 0.5) is 0 Å². The van der Waals surface area contributed by atoms with Crippen molar-refractivity contribution in [1.29, 1.82) is 0 Å². The van der Waals surface area contributed by atoms with Gasteiger partial charge >= 0.3 is 0 Å². The van der Waals surface area contributed by atoms with E-state index in [0.29, 0.717) is 6.04 Å². The van der Waals surface area contributed by atoms with E-state index in [1.165, 1.54) is 16.7 Å². The molecule has 3 nitrogen and oxygen atoms in total. The molecule has 20 heavy (non-hydrogen) atoms. The molecule has 0 bridgehead atoms. The zero-order chi connectivity index (χ0) is 14.5. The highest BCUT2D eigenvalue weighted by molar-refractivity contribution is 5.23. The van der Waals surface area contributed by atoms with Crippen molar-refractivity contribution in [1.82, 2.24) is 15.1 Å². The second-order valence-electron chi connectivity index (χ2n) is 5.30. The predicted octanol–water partition coefficient (Wildman–Crippen LogP) is 3.62.